The summed E-state index contributed by atoms with van der Waals surface area (Å²) in [7, 11) is 0. The average Bonchev–Trinajstić information content (AvgIpc) is 3.26. The van der Waals surface area contributed by atoms with Gasteiger partial charge in [0.25, 0.3) is 0 Å². The Morgan fingerprint density at radius 2 is 1.91 bits per heavy atom. The molecule has 2 aliphatic rings. The van der Waals surface area contributed by atoms with Crippen LogP contribution in [0, 0.1) is 0 Å². The molecule has 0 aliphatic heterocycles. The fourth-order valence-electron chi connectivity index (χ4n) is 4.09. The van der Waals surface area contributed by atoms with E-state index in [0.29, 0.717) is 24.4 Å². The number of thioether (sulfide) groups is 1. The van der Waals surface area contributed by atoms with Crippen molar-refractivity contribution >= 4 is 29.3 Å². The van der Waals surface area contributed by atoms with E-state index >= 15 is 0 Å². The van der Waals surface area contributed by atoms with Crippen LogP contribution in [0.5, 0.6) is 0 Å². The van der Waals surface area contributed by atoms with Crippen LogP contribution < -0.4 is 5.32 Å². The molecule has 0 bridgehead atoms. The van der Waals surface area contributed by atoms with Crippen LogP contribution in [0.1, 0.15) is 51.3 Å². The Bertz CT molecular complexity index is 1130. The van der Waals surface area contributed by atoms with Gasteiger partial charge in [-0.15, -0.1) is 10.2 Å². The van der Waals surface area contributed by atoms with Crippen molar-refractivity contribution in [2.75, 3.05) is 12.3 Å². The molecule has 1 aromatic carbocycles. The van der Waals surface area contributed by atoms with Crippen molar-refractivity contribution in [1.29, 1.82) is 0 Å². The number of halogens is 1. The lowest BCUT2D eigenvalue weighted by Gasteiger charge is -2.14. The zero-order chi connectivity index (χ0) is 23.8. The fourth-order valence-corrected chi connectivity index (χ4v) is 5.33. The number of aryl methyl sites for hydroxylation is 1. The van der Waals surface area contributed by atoms with E-state index in [1.54, 1.807) is 11.8 Å². The lowest BCUT2D eigenvalue weighted by Crippen LogP contribution is -2.25. The molecular formula is C27H31ClN4OS. The molecule has 0 saturated heterocycles. The molecule has 1 heterocycles. The molecule has 178 valence electrons. The van der Waals surface area contributed by atoms with Gasteiger partial charge in [-0.1, -0.05) is 70.5 Å². The van der Waals surface area contributed by atoms with Crippen LogP contribution in [0.25, 0.3) is 5.69 Å². The molecule has 2 aromatic rings. The first-order chi connectivity index (χ1) is 16.6. The monoisotopic (exact) mass is 494 g/mol. The molecule has 0 saturated carbocycles. The van der Waals surface area contributed by atoms with E-state index in [0.717, 1.165) is 54.5 Å². The molecule has 2 aliphatic carbocycles. The summed E-state index contributed by atoms with van der Waals surface area (Å²) >= 11 is 7.81. The number of benzene rings is 1. The van der Waals surface area contributed by atoms with Crippen molar-refractivity contribution in [3.8, 4) is 5.69 Å². The fraction of sp³-hybridized carbons (Fsp3) is 0.370. The zero-order valence-electron chi connectivity index (χ0n) is 19.6. The molecule has 5 nitrogen and oxygen atoms in total. The molecule has 0 spiro atoms. The second-order valence-electron chi connectivity index (χ2n) is 8.59. The van der Waals surface area contributed by atoms with Crippen LogP contribution in [-0.4, -0.2) is 33.0 Å². The molecule has 34 heavy (non-hydrogen) atoms. The first-order valence-electron chi connectivity index (χ1n) is 11.9. The van der Waals surface area contributed by atoms with Gasteiger partial charge < -0.3 is 5.32 Å². The minimum atomic E-state index is 0.0371. The van der Waals surface area contributed by atoms with Crippen LogP contribution in [-0.2, 0) is 11.2 Å². The molecule has 1 N–H and O–H groups in total. The van der Waals surface area contributed by atoms with E-state index in [9.17, 15) is 4.79 Å². The van der Waals surface area contributed by atoms with E-state index < -0.39 is 0 Å². The standard InChI is InChI=1S/C27H31ClN4OS/c1-20-7-5-6-10-22(20)19-34-27-31-30-25(32(27)24-13-11-23(28)12-14-24)15-16-26(33)29-18-17-21-8-3-2-4-9-21/h3,5,7-9,11-14H,2,4,6,10,15-19H2,1H3,(H,29,33). The lowest BCUT2D eigenvalue weighted by molar-refractivity contribution is -0.121. The van der Waals surface area contributed by atoms with Gasteiger partial charge in [-0.2, -0.15) is 0 Å². The quantitative estimate of drug-likeness (QED) is 0.388. The Kier molecular flexibility index (Phi) is 8.83. The van der Waals surface area contributed by atoms with Crippen molar-refractivity contribution in [2.24, 2.45) is 0 Å². The summed E-state index contributed by atoms with van der Waals surface area (Å²) in [5, 5.41) is 13.5. The number of carbonyl (C=O) groups excluding carboxylic acids is 1. The summed E-state index contributed by atoms with van der Waals surface area (Å²) in [6.07, 6.45) is 17.2. The Hall–Kier alpha value is -2.57. The van der Waals surface area contributed by atoms with Crippen LogP contribution in [0.15, 0.2) is 76.5 Å². The number of hydrogen-bond donors (Lipinski definition) is 1. The minimum Gasteiger partial charge on any atom is -0.356 e. The molecule has 0 fully saturated rings. The maximum absolute atomic E-state index is 12.5. The van der Waals surface area contributed by atoms with Crippen molar-refractivity contribution in [2.45, 2.75) is 57.0 Å². The summed E-state index contributed by atoms with van der Waals surface area (Å²) in [6.45, 7) is 2.82. The third-order valence-electron chi connectivity index (χ3n) is 6.08. The summed E-state index contributed by atoms with van der Waals surface area (Å²) in [4.78, 5) is 12.5. The van der Waals surface area contributed by atoms with E-state index in [4.69, 9.17) is 11.6 Å². The average molecular weight is 495 g/mol. The van der Waals surface area contributed by atoms with Crippen molar-refractivity contribution in [3.63, 3.8) is 0 Å². The van der Waals surface area contributed by atoms with Gasteiger partial charge in [-0.05, 0) is 63.3 Å². The van der Waals surface area contributed by atoms with Crippen molar-refractivity contribution in [3.05, 3.63) is 82.2 Å². The largest absolute Gasteiger partial charge is 0.356 e. The first kappa shape index (κ1) is 24.6. The second-order valence-corrected chi connectivity index (χ2v) is 9.96. The normalized spacial score (nSPS) is 15.5. The van der Waals surface area contributed by atoms with Gasteiger partial charge in [0.2, 0.25) is 5.91 Å². The van der Waals surface area contributed by atoms with Gasteiger partial charge in [-0.25, -0.2) is 0 Å². The first-order valence-corrected chi connectivity index (χ1v) is 13.3. The predicted octanol–water partition coefficient (Wildman–Crippen LogP) is 6.39. The van der Waals surface area contributed by atoms with E-state index in [2.05, 4.69) is 57.4 Å². The lowest BCUT2D eigenvalue weighted by atomic mass is 10.0. The Balaban J connectivity index is 1.41. The highest BCUT2D eigenvalue weighted by molar-refractivity contribution is 7.99. The summed E-state index contributed by atoms with van der Waals surface area (Å²) in [6, 6.07) is 7.68. The molecule has 4 rings (SSSR count). The van der Waals surface area contributed by atoms with Crippen LogP contribution in [0.2, 0.25) is 5.02 Å². The highest BCUT2D eigenvalue weighted by atomic mass is 35.5. The Labute approximate surface area is 211 Å². The van der Waals surface area contributed by atoms with Crippen molar-refractivity contribution < 1.29 is 4.79 Å². The molecule has 0 unspecified atom stereocenters. The van der Waals surface area contributed by atoms with Crippen molar-refractivity contribution in [1.82, 2.24) is 20.1 Å². The van der Waals surface area contributed by atoms with Gasteiger partial charge in [0, 0.05) is 35.8 Å². The van der Waals surface area contributed by atoms with Crippen LogP contribution in [0.3, 0.4) is 0 Å². The van der Waals surface area contributed by atoms with Gasteiger partial charge in [0.05, 0.1) is 0 Å². The predicted molar refractivity (Wildman–Crippen MR) is 141 cm³/mol. The SMILES string of the molecule is CC1=C(CSc2nnc(CCC(=O)NCCC3=CCCC=C3)n2-c2ccc(Cl)cc2)CCC=C1. The number of aromatic nitrogens is 3. The van der Waals surface area contributed by atoms with Gasteiger partial charge in [0.1, 0.15) is 5.82 Å². The van der Waals surface area contributed by atoms with Gasteiger partial charge >= 0.3 is 0 Å². The molecule has 7 heteroatoms. The maximum atomic E-state index is 12.5. The second kappa shape index (κ2) is 12.2. The number of carbonyl (C=O) groups is 1. The number of allylic oxidation sites excluding steroid dienone is 6. The number of rotatable bonds is 10. The highest BCUT2D eigenvalue weighted by Gasteiger charge is 2.17. The molecule has 0 atom stereocenters. The number of hydrogen-bond acceptors (Lipinski definition) is 4. The van der Waals surface area contributed by atoms with Crippen LogP contribution >= 0.6 is 23.4 Å². The molecule has 1 aromatic heterocycles. The molecule has 0 radical (unpaired) electrons. The van der Waals surface area contributed by atoms with Gasteiger partial charge in [-0.3, -0.25) is 9.36 Å². The highest BCUT2D eigenvalue weighted by Crippen LogP contribution is 2.29. The third kappa shape index (κ3) is 6.73. The molecular weight excluding hydrogens is 464 g/mol. The number of nitrogens with zero attached hydrogens (tertiary/aromatic N) is 3. The molecule has 1 amide bonds. The Morgan fingerprint density at radius 3 is 2.68 bits per heavy atom. The topological polar surface area (TPSA) is 59.8 Å². The summed E-state index contributed by atoms with van der Waals surface area (Å²) in [5.41, 5.74) is 5.04. The van der Waals surface area contributed by atoms with E-state index in [1.165, 1.54) is 16.7 Å². The van der Waals surface area contributed by atoms with Crippen LogP contribution in [0.4, 0.5) is 0 Å². The van der Waals surface area contributed by atoms with Gasteiger partial charge in [0.15, 0.2) is 5.16 Å². The van der Waals surface area contributed by atoms with E-state index in [-0.39, 0.29) is 5.91 Å². The zero-order valence-corrected chi connectivity index (χ0v) is 21.2. The summed E-state index contributed by atoms with van der Waals surface area (Å²) in [5.74, 6) is 1.70. The number of amides is 1. The van der Waals surface area contributed by atoms with E-state index in [1.807, 2.05) is 24.3 Å². The minimum absolute atomic E-state index is 0.0371. The number of nitrogens with one attached hydrogen (secondary N) is 1. The maximum Gasteiger partial charge on any atom is 0.220 e. The Morgan fingerprint density at radius 1 is 1.09 bits per heavy atom. The smallest absolute Gasteiger partial charge is 0.220 e. The summed E-state index contributed by atoms with van der Waals surface area (Å²) < 4.78 is 2.06. The third-order valence-corrected chi connectivity index (χ3v) is 7.35.